The molecule has 3 rings (SSSR count). The van der Waals surface area contributed by atoms with E-state index in [9.17, 15) is 22.8 Å². The zero-order chi connectivity index (χ0) is 20.3. The van der Waals surface area contributed by atoms with Gasteiger partial charge in [0.2, 0.25) is 17.7 Å². The van der Waals surface area contributed by atoms with E-state index in [2.05, 4.69) is 10.3 Å². The van der Waals surface area contributed by atoms with Gasteiger partial charge in [0, 0.05) is 24.8 Å². The van der Waals surface area contributed by atoms with Gasteiger partial charge in [-0.05, 0) is 37.3 Å². The van der Waals surface area contributed by atoms with Crippen LogP contribution < -0.4 is 15.0 Å². The second kappa shape index (κ2) is 7.87. The zero-order valence-corrected chi connectivity index (χ0v) is 15.0. The Hall–Kier alpha value is -3.10. The summed E-state index contributed by atoms with van der Waals surface area (Å²) in [4.78, 5) is 30.1. The maximum atomic E-state index is 12.9. The minimum absolute atomic E-state index is 0.00376. The molecule has 1 atom stereocenters. The maximum Gasteiger partial charge on any atom is 0.416 e. The van der Waals surface area contributed by atoms with Crippen LogP contribution in [0, 0.1) is 5.92 Å². The topological polar surface area (TPSA) is 71.5 Å². The van der Waals surface area contributed by atoms with E-state index < -0.39 is 29.5 Å². The number of benzene rings is 1. The van der Waals surface area contributed by atoms with Gasteiger partial charge in [0.1, 0.15) is 5.69 Å². The second-order valence-electron chi connectivity index (χ2n) is 6.23. The Morgan fingerprint density at radius 3 is 2.82 bits per heavy atom. The number of halogens is 3. The van der Waals surface area contributed by atoms with Gasteiger partial charge in [-0.1, -0.05) is 6.07 Å². The second-order valence-corrected chi connectivity index (χ2v) is 6.23. The lowest BCUT2D eigenvalue weighted by Crippen LogP contribution is -2.28. The van der Waals surface area contributed by atoms with E-state index in [-0.39, 0.29) is 24.5 Å². The van der Waals surface area contributed by atoms with Crippen LogP contribution >= 0.6 is 0 Å². The van der Waals surface area contributed by atoms with Crippen molar-refractivity contribution in [1.82, 2.24) is 4.98 Å². The third kappa shape index (κ3) is 4.24. The molecule has 1 aromatic carbocycles. The molecule has 1 unspecified atom stereocenters. The van der Waals surface area contributed by atoms with Gasteiger partial charge in [0.15, 0.2) is 0 Å². The lowest BCUT2D eigenvalue weighted by Gasteiger charge is -2.18. The van der Waals surface area contributed by atoms with Crippen LogP contribution in [0.4, 0.5) is 24.5 Å². The van der Waals surface area contributed by atoms with E-state index in [1.54, 1.807) is 19.1 Å². The molecule has 0 bridgehead atoms. The number of anilines is 2. The fourth-order valence-electron chi connectivity index (χ4n) is 2.96. The number of hydrogen-bond donors (Lipinski definition) is 1. The number of nitrogens with zero attached hydrogens (tertiary/aromatic N) is 2. The van der Waals surface area contributed by atoms with E-state index in [1.165, 1.54) is 23.2 Å². The third-order valence-electron chi connectivity index (χ3n) is 4.29. The van der Waals surface area contributed by atoms with Crippen LogP contribution in [-0.2, 0) is 15.8 Å². The van der Waals surface area contributed by atoms with Crippen molar-refractivity contribution in [2.45, 2.75) is 19.5 Å². The van der Waals surface area contributed by atoms with E-state index in [0.29, 0.717) is 12.3 Å². The van der Waals surface area contributed by atoms with Crippen molar-refractivity contribution in [2.24, 2.45) is 5.92 Å². The predicted molar refractivity (Wildman–Crippen MR) is 95.9 cm³/mol. The highest BCUT2D eigenvalue weighted by Crippen LogP contribution is 2.34. The first kappa shape index (κ1) is 19.7. The number of hydrogen-bond acceptors (Lipinski definition) is 4. The van der Waals surface area contributed by atoms with Crippen molar-refractivity contribution < 1.29 is 27.5 Å². The summed E-state index contributed by atoms with van der Waals surface area (Å²) in [6.07, 6.45) is -3.08. The summed E-state index contributed by atoms with van der Waals surface area (Å²) < 4.78 is 44.1. The lowest BCUT2D eigenvalue weighted by atomic mass is 10.1. The van der Waals surface area contributed by atoms with Gasteiger partial charge in [-0.25, -0.2) is 4.98 Å². The fraction of sp³-hybridized carbons (Fsp3) is 0.316. The van der Waals surface area contributed by atoms with E-state index in [1.807, 2.05) is 0 Å². The van der Waals surface area contributed by atoms with E-state index in [0.717, 1.165) is 12.1 Å². The molecule has 1 aliphatic rings. The number of carbonyl (C=O) groups is 2. The van der Waals surface area contributed by atoms with E-state index in [4.69, 9.17) is 4.74 Å². The number of rotatable bonds is 5. The Morgan fingerprint density at radius 2 is 2.11 bits per heavy atom. The first-order chi connectivity index (χ1) is 13.3. The molecule has 1 aromatic heterocycles. The molecule has 2 aromatic rings. The van der Waals surface area contributed by atoms with Gasteiger partial charge in [0.05, 0.1) is 18.1 Å². The van der Waals surface area contributed by atoms with Crippen LogP contribution in [0.3, 0.4) is 0 Å². The Balaban J connectivity index is 1.73. The van der Waals surface area contributed by atoms with E-state index >= 15 is 0 Å². The average Bonchev–Trinajstić information content (AvgIpc) is 3.05. The summed E-state index contributed by atoms with van der Waals surface area (Å²) in [6.45, 7) is 2.14. The van der Waals surface area contributed by atoms with Gasteiger partial charge in [-0.15, -0.1) is 0 Å². The summed E-state index contributed by atoms with van der Waals surface area (Å²) in [5, 5.41) is 2.68. The predicted octanol–water partition coefficient (Wildman–Crippen LogP) is 3.49. The van der Waals surface area contributed by atoms with Crippen LogP contribution in [0.5, 0.6) is 5.88 Å². The molecule has 1 N–H and O–H groups in total. The van der Waals surface area contributed by atoms with Gasteiger partial charge >= 0.3 is 6.18 Å². The number of nitrogens with one attached hydrogen (secondary N) is 1. The van der Waals surface area contributed by atoms with Crippen molar-refractivity contribution >= 4 is 23.2 Å². The Kier molecular flexibility index (Phi) is 5.53. The molecule has 2 heterocycles. The van der Waals surface area contributed by atoms with Gasteiger partial charge in [0.25, 0.3) is 0 Å². The highest BCUT2D eigenvalue weighted by atomic mass is 19.4. The summed E-state index contributed by atoms with van der Waals surface area (Å²) in [5.41, 5.74) is -0.353. The number of aromatic nitrogens is 1. The minimum Gasteiger partial charge on any atom is -0.476 e. The van der Waals surface area contributed by atoms with Crippen molar-refractivity contribution in [3.05, 3.63) is 48.2 Å². The summed E-state index contributed by atoms with van der Waals surface area (Å²) in [5.74, 6) is -1.26. The Bertz CT molecular complexity index is 886. The van der Waals surface area contributed by atoms with Gasteiger partial charge in [-0.2, -0.15) is 13.2 Å². The number of alkyl halides is 3. The normalized spacial score (nSPS) is 16.9. The van der Waals surface area contributed by atoms with Crippen LogP contribution in [0.2, 0.25) is 0 Å². The maximum absolute atomic E-state index is 12.9. The van der Waals surface area contributed by atoms with Crippen molar-refractivity contribution in [2.75, 3.05) is 23.4 Å². The molecule has 0 spiro atoms. The van der Waals surface area contributed by atoms with Gasteiger partial charge < -0.3 is 15.0 Å². The highest BCUT2D eigenvalue weighted by Gasteiger charge is 2.37. The molecule has 1 fully saturated rings. The number of amides is 2. The quantitative estimate of drug-likeness (QED) is 0.844. The number of pyridine rings is 1. The average molecular weight is 393 g/mol. The minimum atomic E-state index is -4.51. The van der Waals surface area contributed by atoms with Gasteiger partial charge in [-0.3, -0.25) is 9.59 Å². The standard InChI is InChI=1S/C19H18F3N3O3/c1-2-28-18-15(7-4-8-23-18)24-17(27)12-9-16(26)25(11-12)14-6-3-5-13(10-14)19(20,21)22/h3-8,10,12H,2,9,11H2,1H3,(H,24,27). The van der Waals surface area contributed by atoms with Crippen molar-refractivity contribution in [3.63, 3.8) is 0 Å². The van der Waals surface area contributed by atoms with Crippen molar-refractivity contribution in [1.29, 1.82) is 0 Å². The molecule has 1 aliphatic heterocycles. The largest absolute Gasteiger partial charge is 0.476 e. The number of ether oxygens (including phenoxy) is 1. The Morgan fingerprint density at radius 1 is 1.32 bits per heavy atom. The zero-order valence-electron chi connectivity index (χ0n) is 15.0. The summed E-state index contributed by atoms with van der Waals surface area (Å²) in [7, 11) is 0. The first-order valence-electron chi connectivity index (χ1n) is 8.66. The molecule has 9 heteroatoms. The molecule has 0 radical (unpaired) electrons. The fourth-order valence-corrected chi connectivity index (χ4v) is 2.96. The summed E-state index contributed by atoms with van der Waals surface area (Å²) >= 11 is 0. The monoisotopic (exact) mass is 393 g/mol. The van der Waals surface area contributed by atoms with Crippen molar-refractivity contribution in [3.8, 4) is 5.88 Å². The summed E-state index contributed by atoms with van der Waals surface area (Å²) in [6, 6.07) is 7.76. The van der Waals surface area contributed by atoms with Crippen LogP contribution in [-0.4, -0.2) is 29.9 Å². The molecule has 0 aliphatic carbocycles. The molecule has 28 heavy (non-hydrogen) atoms. The highest BCUT2D eigenvalue weighted by molar-refractivity contribution is 6.03. The molecule has 1 saturated heterocycles. The van der Waals surface area contributed by atoms with Crippen LogP contribution in [0.15, 0.2) is 42.6 Å². The first-order valence-corrected chi connectivity index (χ1v) is 8.66. The molecule has 148 valence electrons. The third-order valence-corrected chi connectivity index (χ3v) is 4.29. The Labute approximate surface area is 159 Å². The number of carbonyl (C=O) groups excluding carboxylic acids is 2. The van der Waals surface area contributed by atoms with Crippen LogP contribution in [0.25, 0.3) is 0 Å². The molecule has 6 nitrogen and oxygen atoms in total. The smallest absolute Gasteiger partial charge is 0.416 e. The SMILES string of the molecule is CCOc1ncccc1NC(=O)C1CC(=O)N(c2cccc(C(F)(F)F)c2)C1. The molecule has 0 saturated carbocycles. The van der Waals surface area contributed by atoms with Crippen LogP contribution in [0.1, 0.15) is 18.9 Å². The molecule has 2 amide bonds. The molecular formula is C19H18F3N3O3. The molecular weight excluding hydrogens is 375 g/mol. The lowest BCUT2D eigenvalue weighted by molar-refractivity contribution is -0.137.